The van der Waals surface area contributed by atoms with Gasteiger partial charge in [0.1, 0.15) is 0 Å². The molecular formula is C7H16O4. The molecule has 0 aromatic heterocycles. The first kappa shape index (κ1) is 10.8. The van der Waals surface area contributed by atoms with E-state index in [2.05, 4.69) is 0 Å². The number of hydrogen-bond acceptors (Lipinski definition) is 4. The van der Waals surface area contributed by atoms with Crippen LogP contribution >= 0.6 is 0 Å². The highest BCUT2D eigenvalue weighted by molar-refractivity contribution is 4.71. The lowest BCUT2D eigenvalue weighted by Crippen LogP contribution is -2.34. The SMILES string of the molecule is CC(CO)C(O)C(CO)CO. The van der Waals surface area contributed by atoms with Crippen LogP contribution in [0.4, 0.5) is 0 Å². The molecule has 0 saturated carbocycles. The van der Waals surface area contributed by atoms with E-state index < -0.39 is 12.0 Å². The van der Waals surface area contributed by atoms with Crippen LogP contribution in [0.5, 0.6) is 0 Å². The van der Waals surface area contributed by atoms with Crippen LogP contribution in [0.3, 0.4) is 0 Å². The van der Waals surface area contributed by atoms with Gasteiger partial charge in [-0.1, -0.05) is 6.92 Å². The van der Waals surface area contributed by atoms with Gasteiger partial charge in [-0.05, 0) is 0 Å². The Morgan fingerprint density at radius 3 is 1.73 bits per heavy atom. The molecule has 0 aliphatic heterocycles. The van der Waals surface area contributed by atoms with Crippen molar-refractivity contribution in [2.75, 3.05) is 19.8 Å². The molecule has 0 bridgehead atoms. The minimum absolute atomic E-state index is 0.141. The Balaban J connectivity index is 3.86. The Kier molecular flexibility index (Phi) is 5.41. The van der Waals surface area contributed by atoms with Crippen LogP contribution in [-0.2, 0) is 0 Å². The molecule has 0 aromatic rings. The third-order valence-electron chi connectivity index (χ3n) is 1.82. The van der Waals surface area contributed by atoms with Gasteiger partial charge in [-0.3, -0.25) is 0 Å². The second-order valence-electron chi connectivity index (χ2n) is 2.78. The van der Waals surface area contributed by atoms with Crippen molar-refractivity contribution < 1.29 is 20.4 Å². The van der Waals surface area contributed by atoms with Gasteiger partial charge >= 0.3 is 0 Å². The lowest BCUT2D eigenvalue weighted by atomic mass is 9.94. The number of hydrogen-bond donors (Lipinski definition) is 4. The second-order valence-corrected chi connectivity index (χ2v) is 2.78. The molecule has 0 radical (unpaired) electrons. The van der Waals surface area contributed by atoms with Crippen LogP contribution in [0.25, 0.3) is 0 Å². The zero-order chi connectivity index (χ0) is 8.85. The Morgan fingerprint density at radius 2 is 1.45 bits per heavy atom. The summed E-state index contributed by atoms with van der Waals surface area (Å²) in [5, 5.41) is 35.2. The van der Waals surface area contributed by atoms with E-state index >= 15 is 0 Å². The largest absolute Gasteiger partial charge is 0.396 e. The van der Waals surface area contributed by atoms with E-state index in [-0.39, 0.29) is 25.7 Å². The Morgan fingerprint density at radius 1 is 1.00 bits per heavy atom. The van der Waals surface area contributed by atoms with Crippen molar-refractivity contribution in [2.45, 2.75) is 13.0 Å². The van der Waals surface area contributed by atoms with Gasteiger partial charge in [0.15, 0.2) is 0 Å². The van der Waals surface area contributed by atoms with Gasteiger partial charge in [0.05, 0.1) is 19.3 Å². The molecule has 0 saturated heterocycles. The van der Waals surface area contributed by atoms with Gasteiger partial charge in [-0.2, -0.15) is 0 Å². The summed E-state index contributed by atoms with van der Waals surface area (Å²) in [7, 11) is 0. The molecular weight excluding hydrogens is 148 g/mol. The van der Waals surface area contributed by atoms with E-state index in [0.717, 1.165) is 0 Å². The van der Waals surface area contributed by atoms with Crippen molar-refractivity contribution in [3.05, 3.63) is 0 Å². The monoisotopic (exact) mass is 164 g/mol. The van der Waals surface area contributed by atoms with Crippen molar-refractivity contribution >= 4 is 0 Å². The summed E-state index contributed by atoms with van der Waals surface area (Å²) in [6, 6.07) is 0. The van der Waals surface area contributed by atoms with Crippen molar-refractivity contribution in [3.8, 4) is 0 Å². The first-order valence-electron chi connectivity index (χ1n) is 3.68. The average molecular weight is 164 g/mol. The first-order chi connectivity index (χ1) is 5.17. The van der Waals surface area contributed by atoms with Gasteiger partial charge < -0.3 is 20.4 Å². The van der Waals surface area contributed by atoms with Gasteiger partial charge in [0.2, 0.25) is 0 Å². The van der Waals surface area contributed by atoms with Gasteiger partial charge in [0, 0.05) is 18.4 Å². The molecule has 0 aliphatic rings. The highest BCUT2D eigenvalue weighted by atomic mass is 16.3. The number of aliphatic hydroxyl groups excluding tert-OH is 4. The summed E-state index contributed by atoms with van der Waals surface area (Å²) < 4.78 is 0. The smallest absolute Gasteiger partial charge is 0.0659 e. The molecule has 2 atom stereocenters. The molecule has 4 nitrogen and oxygen atoms in total. The van der Waals surface area contributed by atoms with Crippen LogP contribution in [0.1, 0.15) is 6.92 Å². The molecule has 11 heavy (non-hydrogen) atoms. The molecule has 0 spiro atoms. The summed E-state index contributed by atoms with van der Waals surface area (Å²) in [6.07, 6.45) is -0.838. The van der Waals surface area contributed by atoms with Crippen molar-refractivity contribution in [1.29, 1.82) is 0 Å². The predicted molar refractivity (Wildman–Crippen MR) is 39.9 cm³/mol. The number of aliphatic hydroxyl groups is 4. The highest BCUT2D eigenvalue weighted by Crippen LogP contribution is 2.11. The Labute approximate surface area is 66.1 Å². The molecule has 68 valence electrons. The first-order valence-corrected chi connectivity index (χ1v) is 3.68. The Bertz CT molecular complexity index is 92.4. The van der Waals surface area contributed by atoms with E-state index in [9.17, 15) is 5.11 Å². The molecule has 0 amide bonds. The van der Waals surface area contributed by atoms with Gasteiger partial charge in [0.25, 0.3) is 0 Å². The minimum atomic E-state index is -0.838. The fraction of sp³-hybridized carbons (Fsp3) is 1.00. The van der Waals surface area contributed by atoms with E-state index in [0.29, 0.717) is 0 Å². The molecule has 2 unspecified atom stereocenters. The zero-order valence-electron chi connectivity index (χ0n) is 6.64. The van der Waals surface area contributed by atoms with E-state index in [1.807, 2.05) is 0 Å². The average Bonchev–Trinajstić information content (AvgIpc) is 2.05. The molecule has 0 rings (SSSR count). The van der Waals surface area contributed by atoms with E-state index in [1.54, 1.807) is 6.92 Å². The molecule has 0 aliphatic carbocycles. The summed E-state index contributed by atoms with van der Waals surface area (Å²) in [5.41, 5.74) is 0. The summed E-state index contributed by atoms with van der Waals surface area (Å²) in [4.78, 5) is 0. The lowest BCUT2D eigenvalue weighted by Gasteiger charge is -2.22. The molecule has 4 heteroatoms. The van der Waals surface area contributed by atoms with E-state index in [1.165, 1.54) is 0 Å². The highest BCUT2D eigenvalue weighted by Gasteiger charge is 2.22. The normalized spacial score (nSPS) is 16.9. The molecule has 0 heterocycles. The Hall–Kier alpha value is -0.160. The standard InChI is InChI=1S/C7H16O4/c1-5(2-8)7(11)6(3-9)4-10/h5-11H,2-4H2,1H3. The minimum Gasteiger partial charge on any atom is -0.396 e. The van der Waals surface area contributed by atoms with Gasteiger partial charge in [-0.25, -0.2) is 0 Å². The topological polar surface area (TPSA) is 80.9 Å². The maximum absolute atomic E-state index is 9.30. The third kappa shape index (κ3) is 3.16. The summed E-state index contributed by atoms with van der Waals surface area (Å²) in [5.74, 6) is -0.851. The maximum Gasteiger partial charge on any atom is 0.0659 e. The van der Waals surface area contributed by atoms with Crippen molar-refractivity contribution in [3.63, 3.8) is 0 Å². The zero-order valence-corrected chi connectivity index (χ0v) is 6.64. The van der Waals surface area contributed by atoms with Crippen LogP contribution in [0.2, 0.25) is 0 Å². The van der Waals surface area contributed by atoms with Crippen LogP contribution < -0.4 is 0 Å². The van der Waals surface area contributed by atoms with Crippen molar-refractivity contribution in [1.82, 2.24) is 0 Å². The quantitative estimate of drug-likeness (QED) is 0.402. The molecule has 4 N–H and O–H groups in total. The summed E-state index contributed by atoms with van der Waals surface area (Å²) in [6.45, 7) is 0.991. The lowest BCUT2D eigenvalue weighted by molar-refractivity contribution is -0.0137. The van der Waals surface area contributed by atoms with Gasteiger partial charge in [-0.15, -0.1) is 0 Å². The van der Waals surface area contributed by atoms with E-state index in [4.69, 9.17) is 15.3 Å². The fourth-order valence-corrected chi connectivity index (χ4v) is 0.846. The molecule has 0 aromatic carbocycles. The van der Waals surface area contributed by atoms with Crippen LogP contribution in [0.15, 0.2) is 0 Å². The maximum atomic E-state index is 9.30. The van der Waals surface area contributed by atoms with Crippen molar-refractivity contribution in [2.24, 2.45) is 11.8 Å². The van der Waals surface area contributed by atoms with Crippen LogP contribution in [0, 0.1) is 11.8 Å². The predicted octanol–water partition coefficient (Wildman–Crippen LogP) is -1.42. The number of rotatable bonds is 5. The molecule has 0 fully saturated rings. The fourth-order valence-electron chi connectivity index (χ4n) is 0.846. The third-order valence-corrected chi connectivity index (χ3v) is 1.82. The van der Waals surface area contributed by atoms with Crippen LogP contribution in [-0.4, -0.2) is 46.4 Å². The summed E-state index contributed by atoms with van der Waals surface area (Å²) >= 11 is 0. The second kappa shape index (κ2) is 5.49.